The van der Waals surface area contributed by atoms with Crippen LogP contribution in [0.25, 0.3) is 10.9 Å². The number of ether oxygens (including phenoxy) is 1. The summed E-state index contributed by atoms with van der Waals surface area (Å²) in [7, 11) is 0. The molecule has 0 saturated carbocycles. The highest BCUT2D eigenvalue weighted by Gasteiger charge is 2.31. The summed E-state index contributed by atoms with van der Waals surface area (Å²) < 4.78 is 5.53. The summed E-state index contributed by atoms with van der Waals surface area (Å²) in [5, 5.41) is 14.2. The van der Waals surface area contributed by atoms with Crippen LogP contribution in [0.3, 0.4) is 0 Å². The molecule has 2 aliphatic rings. The third-order valence-electron chi connectivity index (χ3n) is 8.22. The van der Waals surface area contributed by atoms with E-state index in [2.05, 4.69) is 32.3 Å². The number of aromatic amines is 1. The molecule has 0 radical (unpaired) electrons. The van der Waals surface area contributed by atoms with Gasteiger partial charge in [-0.05, 0) is 89.8 Å². The van der Waals surface area contributed by atoms with E-state index in [4.69, 9.17) is 9.72 Å². The molecule has 4 heterocycles. The van der Waals surface area contributed by atoms with Gasteiger partial charge in [-0.15, -0.1) is 0 Å². The SMILES string of the molecule is CC(C)(C)OC(=O)N1CCC(c2ccc(Nc3nc(N4CCC(C(C)(C)O)CC4)cc4nc[nH]c(=O)c34)cc2)CC1. The minimum Gasteiger partial charge on any atom is -0.444 e. The monoisotopic (exact) mass is 562 g/mol. The summed E-state index contributed by atoms with van der Waals surface area (Å²) >= 11 is 0. The van der Waals surface area contributed by atoms with Crippen LogP contribution in [-0.2, 0) is 4.74 Å². The lowest BCUT2D eigenvalue weighted by Gasteiger charge is -2.38. The maximum atomic E-state index is 12.8. The Morgan fingerprint density at radius 1 is 1.02 bits per heavy atom. The van der Waals surface area contributed by atoms with Crippen LogP contribution < -0.4 is 15.8 Å². The van der Waals surface area contributed by atoms with E-state index < -0.39 is 11.2 Å². The second-order valence-electron chi connectivity index (χ2n) is 12.9. The minimum atomic E-state index is -0.703. The Balaban J connectivity index is 1.30. The van der Waals surface area contributed by atoms with Crippen molar-refractivity contribution < 1.29 is 14.6 Å². The average Bonchev–Trinajstić information content (AvgIpc) is 2.92. The van der Waals surface area contributed by atoms with Gasteiger partial charge in [0.1, 0.15) is 22.6 Å². The molecular formula is C31H42N6O4. The number of carbonyl (C=O) groups is 1. The van der Waals surface area contributed by atoms with Crippen LogP contribution in [0.4, 0.5) is 22.1 Å². The van der Waals surface area contributed by atoms with E-state index in [0.29, 0.717) is 35.7 Å². The van der Waals surface area contributed by atoms with Gasteiger partial charge < -0.3 is 29.9 Å². The van der Waals surface area contributed by atoms with Crippen LogP contribution in [-0.4, -0.2) is 68.4 Å². The maximum absolute atomic E-state index is 12.8. The van der Waals surface area contributed by atoms with Crippen LogP contribution in [0.1, 0.15) is 71.8 Å². The van der Waals surface area contributed by atoms with Crippen molar-refractivity contribution >= 4 is 34.3 Å². The number of hydrogen-bond acceptors (Lipinski definition) is 8. The number of aliphatic hydroxyl groups is 1. The van der Waals surface area contributed by atoms with Crippen molar-refractivity contribution in [3.05, 3.63) is 52.6 Å². The number of piperidine rings is 2. The lowest BCUT2D eigenvalue weighted by Crippen LogP contribution is -2.42. The highest BCUT2D eigenvalue weighted by atomic mass is 16.6. The van der Waals surface area contributed by atoms with Crippen molar-refractivity contribution in [3.8, 4) is 0 Å². The Morgan fingerprint density at radius 3 is 2.29 bits per heavy atom. The van der Waals surface area contributed by atoms with Gasteiger partial charge in [0.2, 0.25) is 0 Å². The van der Waals surface area contributed by atoms with Gasteiger partial charge in [0.25, 0.3) is 5.56 Å². The Bertz CT molecular complexity index is 1420. The molecule has 2 aliphatic heterocycles. The fourth-order valence-electron chi connectivity index (χ4n) is 5.84. The summed E-state index contributed by atoms with van der Waals surface area (Å²) in [5.74, 6) is 1.83. The number of nitrogens with one attached hydrogen (secondary N) is 2. The molecule has 0 bridgehead atoms. The van der Waals surface area contributed by atoms with Gasteiger partial charge in [-0.2, -0.15) is 0 Å². The number of amides is 1. The summed E-state index contributed by atoms with van der Waals surface area (Å²) in [5.41, 5.74) is 1.19. The second-order valence-corrected chi connectivity index (χ2v) is 12.9. The van der Waals surface area contributed by atoms with Crippen LogP contribution in [0.5, 0.6) is 0 Å². The van der Waals surface area contributed by atoms with Crippen molar-refractivity contribution in [1.82, 2.24) is 19.9 Å². The lowest BCUT2D eigenvalue weighted by molar-refractivity contribution is 0.00643. The molecule has 3 aromatic rings. The Morgan fingerprint density at radius 2 is 1.68 bits per heavy atom. The molecule has 2 saturated heterocycles. The first-order valence-corrected chi connectivity index (χ1v) is 14.6. The molecule has 0 spiro atoms. The average molecular weight is 563 g/mol. The molecule has 10 heteroatoms. The smallest absolute Gasteiger partial charge is 0.410 e. The zero-order chi connectivity index (χ0) is 29.4. The number of anilines is 3. The van der Waals surface area contributed by atoms with Gasteiger partial charge in [-0.3, -0.25) is 4.79 Å². The van der Waals surface area contributed by atoms with E-state index in [0.717, 1.165) is 50.3 Å². The molecule has 2 fully saturated rings. The number of rotatable bonds is 5. The molecule has 220 valence electrons. The number of likely N-dealkylation sites (tertiary alicyclic amines) is 1. The van der Waals surface area contributed by atoms with E-state index in [1.54, 1.807) is 4.90 Å². The molecule has 10 nitrogen and oxygen atoms in total. The van der Waals surface area contributed by atoms with E-state index in [-0.39, 0.29) is 17.6 Å². The number of fused-ring (bicyclic) bond motifs is 1. The topological polar surface area (TPSA) is 124 Å². The van der Waals surface area contributed by atoms with Crippen LogP contribution >= 0.6 is 0 Å². The van der Waals surface area contributed by atoms with Crippen LogP contribution in [0.2, 0.25) is 0 Å². The van der Waals surface area contributed by atoms with Crippen molar-refractivity contribution in [2.45, 2.75) is 77.4 Å². The zero-order valence-electron chi connectivity index (χ0n) is 24.7. The standard InChI is InChI=1S/C31H42N6O4/c1-30(2,3)41-29(39)37-14-10-21(11-15-37)20-6-8-23(9-7-20)34-27-26-24(32-19-33-28(26)38)18-25(35-27)36-16-12-22(13-17-36)31(4,5)40/h6-9,18-19,21-22,40H,10-17H2,1-5H3,(H,34,35)(H,32,33,38). The van der Waals surface area contributed by atoms with E-state index in [1.165, 1.54) is 11.9 Å². The Hall–Kier alpha value is -3.66. The Kier molecular flexibility index (Phi) is 7.96. The molecule has 0 aliphatic carbocycles. The first-order chi connectivity index (χ1) is 19.4. The molecular weight excluding hydrogens is 520 g/mol. The number of H-pyrrole nitrogens is 1. The summed E-state index contributed by atoms with van der Waals surface area (Å²) in [6, 6.07) is 10.1. The quantitative estimate of drug-likeness (QED) is 0.390. The van der Waals surface area contributed by atoms with Gasteiger partial charge in [0.05, 0.1) is 17.4 Å². The number of carbonyl (C=O) groups excluding carboxylic acids is 1. The number of nitrogens with zero attached hydrogens (tertiary/aromatic N) is 4. The molecule has 1 aromatic carbocycles. The van der Waals surface area contributed by atoms with Crippen molar-refractivity contribution in [1.29, 1.82) is 0 Å². The van der Waals surface area contributed by atoms with Crippen LogP contribution in [0.15, 0.2) is 41.5 Å². The van der Waals surface area contributed by atoms with E-state index in [9.17, 15) is 14.7 Å². The van der Waals surface area contributed by atoms with E-state index >= 15 is 0 Å². The zero-order valence-corrected chi connectivity index (χ0v) is 24.7. The number of hydrogen-bond donors (Lipinski definition) is 3. The van der Waals surface area contributed by atoms with Gasteiger partial charge in [-0.1, -0.05) is 12.1 Å². The molecule has 5 rings (SSSR count). The molecule has 2 aromatic heterocycles. The van der Waals surface area contributed by atoms with Crippen molar-refractivity contribution in [2.24, 2.45) is 5.92 Å². The molecule has 41 heavy (non-hydrogen) atoms. The Labute approximate surface area is 241 Å². The third-order valence-corrected chi connectivity index (χ3v) is 8.22. The fourth-order valence-corrected chi connectivity index (χ4v) is 5.84. The van der Waals surface area contributed by atoms with Gasteiger partial charge in [-0.25, -0.2) is 14.8 Å². The highest BCUT2D eigenvalue weighted by molar-refractivity contribution is 5.92. The van der Waals surface area contributed by atoms with E-state index in [1.807, 2.05) is 52.8 Å². The number of pyridine rings is 1. The summed E-state index contributed by atoms with van der Waals surface area (Å²) in [6.45, 7) is 12.3. The molecule has 0 unspecified atom stereocenters. The number of benzene rings is 1. The first-order valence-electron chi connectivity index (χ1n) is 14.6. The van der Waals surface area contributed by atoms with Crippen molar-refractivity contribution in [3.63, 3.8) is 0 Å². The summed E-state index contributed by atoms with van der Waals surface area (Å²) in [6.07, 6.45) is 4.67. The van der Waals surface area contributed by atoms with Crippen LogP contribution in [0, 0.1) is 5.92 Å². The first kappa shape index (κ1) is 28.9. The largest absolute Gasteiger partial charge is 0.444 e. The third kappa shape index (κ3) is 6.81. The minimum absolute atomic E-state index is 0.237. The van der Waals surface area contributed by atoms with Gasteiger partial charge >= 0.3 is 6.09 Å². The number of aromatic nitrogens is 3. The molecule has 0 atom stereocenters. The lowest BCUT2D eigenvalue weighted by atomic mass is 9.83. The predicted molar refractivity (Wildman–Crippen MR) is 161 cm³/mol. The van der Waals surface area contributed by atoms with Gasteiger partial charge in [0, 0.05) is 37.9 Å². The highest BCUT2D eigenvalue weighted by Crippen LogP contribution is 2.33. The maximum Gasteiger partial charge on any atom is 0.410 e. The molecule has 3 N–H and O–H groups in total. The normalized spacial score (nSPS) is 17.6. The second kappa shape index (κ2) is 11.3. The van der Waals surface area contributed by atoms with Crippen molar-refractivity contribution in [2.75, 3.05) is 36.4 Å². The van der Waals surface area contributed by atoms with Gasteiger partial charge in [0.15, 0.2) is 0 Å². The predicted octanol–water partition coefficient (Wildman–Crippen LogP) is 5.16. The molecule has 1 amide bonds. The summed E-state index contributed by atoms with van der Waals surface area (Å²) in [4.78, 5) is 41.2. The fraction of sp³-hybridized carbons (Fsp3) is 0.548.